The van der Waals surface area contributed by atoms with Gasteiger partial charge in [-0.3, -0.25) is 9.78 Å². The molecule has 1 aromatic heterocycles. The molecule has 1 amide bonds. The molecule has 1 aromatic carbocycles. The minimum absolute atomic E-state index is 0.141. The van der Waals surface area contributed by atoms with E-state index >= 15 is 0 Å². The number of hydrogen-bond acceptors (Lipinski definition) is 4. The predicted octanol–water partition coefficient (Wildman–Crippen LogP) is 1.98. The maximum absolute atomic E-state index is 12.1. The van der Waals surface area contributed by atoms with Crippen molar-refractivity contribution >= 4 is 5.91 Å². The van der Waals surface area contributed by atoms with Gasteiger partial charge in [0.2, 0.25) is 0 Å². The Morgan fingerprint density at radius 3 is 2.41 bits per heavy atom. The number of benzene rings is 1. The van der Waals surface area contributed by atoms with Crippen LogP contribution in [-0.2, 0) is 0 Å². The second kappa shape index (κ2) is 6.15. The number of amides is 1. The third-order valence-electron chi connectivity index (χ3n) is 3.93. The molecule has 1 aliphatic carbocycles. The van der Waals surface area contributed by atoms with Gasteiger partial charge in [-0.15, -0.1) is 0 Å². The summed E-state index contributed by atoms with van der Waals surface area (Å²) in [4.78, 5) is 16.3. The molecule has 22 heavy (non-hydrogen) atoms. The Morgan fingerprint density at radius 1 is 1.18 bits per heavy atom. The predicted molar refractivity (Wildman–Crippen MR) is 84.7 cm³/mol. The third kappa shape index (κ3) is 3.09. The molecule has 2 aromatic rings. The van der Waals surface area contributed by atoms with Gasteiger partial charge in [-0.2, -0.15) is 0 Å². The van der Waals surface area contributed by atoms with E-state index in [1.54, 1.807) is 19.4 Å². The zero-order valence-corrected chi connectivity index (χ0v) is 12.5. The number of ether oxygens (including phenoxy) is 1. The summed E-state index contributed by atoms with van der Waals surface area (Å²) >= 11 is 0. The minimum Gasteiger partial charge on any atom is -0.497 e. The summed E-state index contributed by atoms with van der Waals surface area (Å²) in [5.74, 6) is 0.671. The number of carbonyl (C=O) groups is 1. The maximum atomic E-state index is 12.1. The lowest BCUT2D eigenvalue weighted by atomic mass is 9.87. The molecular formula is C17H19N3O2. The van der Waals surface area contributed by atoms with Crippen molar-refractivity contribution in [1.29, 1.82) is 0 Å². The number of pyridine rings is 1. The first-order valence-electron chi connectivity index (χ1n) is 7.32. The van der Waals surface area contributed by atoms with Gasteiger partial charge in [0.25, 0.3) is 5.91 Å². The van der Waals surface area contributed by atoms with Gasteiger partial charge in [0.15, 0.2) is 0 Å². The lowest BCUT2D eigenvalue weighted by Crippen LogP contribution is -2.50. The maximum Gasteiger partial charge on any atom is 0.270 e. The van der Waals surface area contributed by atoms with Gasteiger partial charge in [0.1, 0.15) is 11.4 Å². The van der Waals surface area contributed by atoms with Crippen LogP contribution in [0.1, 0.15) is 23.3 Å². The quantitative estimate of drug-likeness (QED) is 0.904. The fourth-order valence-corrected chi connectivity index (χ4v) is 2.52. The van der Waals surface area contributed by atoms with E-state index in [2.05, 4.69) is 10.3 Å². The highest BCUT2D eigenvalue weighted by Gasteiger charge is 2.27. The van der Waals surface area contributed by atoms with E-state index in [4.69, 9.17) is 10.5 Å². The van der Waals surface area contributed by atoms with Crippen molar-refractivity contribution < 1.29 is 9.53 Å². The first-order chi connectivity index (χ1) is 10.7. The van der Waals surface area contributed by atoms with E-state index < -0.39 is 0 Å². The number of carbonyl (C=O) groups excluding carboxylic acids is 1. The summed E-state index contributed by atoms with van der Waals surface area (Å²) in [6.45, 7) is 0. The number of rotatable bonds is 4. The van der Waals surface area contributed by atoms with Gasteiger partial charge in [0, 0.05) is 23.8 Å². The van der Waals surface area contributed by atoms with Gasteiger partial charge in [-0.1, -0.05) is 18.2 Å². The van der Waals surface area contributed by atoms with E-state index in [1.165, 1.54) is 0 Å². The van der Waals surface area contributed by atoms with Crippen LogP contribution in [0.25, 0.3) is 11.1 Å². The fourth-order valence-electron chi connectivity index (χ4n) is 2.52. The van der Waals surface area contributed by atoms with Gasteiger partial charge < -0.3 is 15.8 Å². The molecule has 1 aliphatic rings. The first kappa shape index (κ1) is 14.5. The largest absolute Gasteiger partial charge is 0.497 e. The Labute approximate surface area is 129 Å². The average Bonchev–Trinajstić information content (AvgIpc) is 2.53. The Balaban J connectivity index is 1.67. The van der Waals surface area contributed by atoms with Crippen LogP contribution < -0.4 is 15.8 Å². The minimum atomic E-state index is -0.141. The molecule has 0 saturated heterocycles. The summed E-state index contributed by atoms with van der Waals surface area (Å²) < 4.78 is 5.14. The third-order valence-corrected chi connectivity index (χ3v) is 3.93. The highest BCUT2D eigenvalue weighted by Crippen LogP contribution is 2.22. The first-order valence-corrected chi connectivity index (χ1v) is 7.32. The zero-order chi connectivity index (χ0) is 15.5. The molecular weight excluding hydrogens is 278 g/mol. The van der Waals surface area contributed by atoms with Crippen molar-refractivity contribution in [2.45, 2.75) is 24.9 Å². The number of hydrogen-bond donors (Lipinski definition) is 2. The molecule has 3 N–H and O–H groups in total. The smallest absolute Gasteiger partial charge is 0.270 e. The van der Waals surface area contributed by atoms with E-state index in [-0.39, 0.29) is 18.0 Å². The number of aromatic nitrogens is 1. The van der Waals surface area contributed by atoms with Crippen molar-refractivity contribution in [3.63, 3.8) is 0 Å². The van der Waals surface area contributed by atoms with Crippen LogP contribution in [0.15, 0.2) is 42.6 Å². The van der Waals surface area contributed by atoms with E-state index in [0.29, 0.717) is 5.69 Å². The van der Waals surface area contributed by atoms with Crippen LogP contribution >= 0.6 is 0 Å². The molecule has 0 unspecified atom stereocenters. The summed E-state index contributed by atoms with van der Waals surface area (Å²) in [6, 6.07) is 11.8. The van der Waals surface area contributed by atoms with E-state index in [0.717, 1.165) is 29.7 Å². The van der Waals surface area contributed by atoms with Crippen molar-refractivity contribution in [3.8, 4) is 16.9 Å². The van der Waals surface area contributed by atoms with Crippen molar-refractivity contribution in [3.05, 3.63) is 48.3 Å². The van der Waals surface area contributed by atoms with Gasteiger partial charge in [0.05, 0.1) is 7.11 Å². The molecule has 1 saturated carbocycles. The highest BCUT2D eigenvalue weighted by atomic mass is 16.5. The normalized spacial score (nSPS) is 20.1. The molecule has 0 atom stereocenters. The second-order valence-corrected chi connectivity index (χ2v) is 5.56. The average molecular weight is 297 g/mol. The molecule has 0 aliphatic heterocycles. The molecule has 1 heterocycles. The number of nitrogens with two attached hydrogens (primary N) is 1. The van der Waals surface area contributed by atoms with Gasteiger partial charge >= 0.3 is 0 Å². The molecule has 3 rings (SSSR count). The van der Waals surface area contributed by atoms with Crippen LogP contribution in [0, 0.1) is 0 Å². The van der Waals surface area contributed by atoms with E-state index in [1.807, 2.05) is 30.3 Å². The number of methoxy groups -OCH3 is 1. The summed E-state index contributed by atoms with van der Waals surface area (Å²) in [5, 5.41) is 2.94. The molecule has 0 bridgehead atoms. The molecule has 0 radical (unpaired) electrons. The summed E-state index contributed by atoms with van der Waals surface area (Å²) in [6.07, 6.45) is 3.40. The topological polar surface area (TPSA) is 77.2 Å². The Kier molecular flexibility index (Phi) is 4.06. The Hall–Kier alpha value is -2.40. The second-order valence-electron chi connectivity index (χ2n) is 5.56. The highest BCUT2D eigenvalue weighted by molar-refractivity contribution is 5.92. The Bertz CT molecular complexity index is 647. The molecule has 0 spiro atoms. The zero-order valence-electron chi connectivity index (χ0n) is 12.5. The van der Waals surface area contributed by atoms with Crippen molar-refractivity contribution in [1.82, 2.24) is 10.3 Å². The van der Waals surface area contributed by atoms with Crippen LogP contribution in [0.3, 0.4) is 0 Å². The molecule has 1 fully saturated rings. The number of nitrogens with one attached hydrogen (secondary N) is 1. The number of nitrogens with zero attached hydrogens (tertiary/aromatic N) is 1. The lowest BCUT2D eigenvalue weighted by Gasteiger charge is -2.32. The van der Waals surface area contributed by atoms with Crippen LogP contribution in [0.5, 0.6) is 5.75 Å². The standard InChI is InChI=1S/C17H19N3O2/c1-22-15-5-2-11(3-6-15)12-4-7-16(19-10-12)17(21)20-14-8-13(18)9-14/h2-7,10,13-14H,8-9,18H2,1H3,(H,20,21)/t13-,14+. The van der Waals surface area contributed by atoms with E-state index in [9.17, 15) is 4.79 Å². The van der Waals surface area contributed by atoms with Crippen LogP contribution in [0.2, 0.25) is 0 Å². The van der Waals surface area contributed by atoms with Crippen molar-refractivity contribution in [2.24, 2.45) is 5.73 Å². The summed E-state index contributed by atoms with van der Waals surface area (Å²) in [5.41, 5.74) is 8.14. The fraction of sp³-hybridized carbons (Fsp3) is 0.294. The monoisotopic (exact) mass is 297 g/mol. The van der Waals surface area contributed by atoms with Gasteiger partial charge in [-0.25, -0.2) is 0 Å². The van der Waals surface area contributed by atoms with Crippen LogP contribution in [-0.4, -0.2) is 30.1 Å². The van der Waals surface area contributed by atoms with Crippen LogP contribution in [0.4, 0.5) is 0 Å². The molecule has 5 nitrogen and oxygen atoms in total. The van der Waals surface area contributed by atoms with Crippen molar-refractivity contribution in [2.75, 3.05) is 7.11 Å². The SMILES string of the molecule is COc1ccc(-c2ccc(C(=O)N[C@H]3C[C@@H](N)C3)nc2)cc1. The Morgan fingerprint density at radius 2 is 1.86 bits per heavy atom. The summed E-state index contributed by atoms with van der Waals surface area (Å²) in [7, 11) is 1.64. The van der Waals surface area contributed by atoms with Gasteiger partial charge in [-0.05, 0) is 36.6 Å². The lowest BCUT2D eigenvalue weighted by molar-refractivity contribution is 0.0905. The molecule has 5 heteroatoms. The molecule has 114 valence electrons.